The van der Waals surface area contributed by atoms with Crippen LogP contribution in [0.1, 0.15) is 33.6 Å². The van der Waals surface area contributed by atoms with E-state index in [-0.39, 0.29) is 0 Å². The van der Waals surface area contributed by atoms with E-state index >= 15 is 0 Å². The highest BCUT2D eigenvalue weighted by Gasteiger charge is 2.30. The summed E-state index contributed by atoms with van der Waals surface area (Å²) in [4.78, 5) is 13.4. The molecule has 0 radical (unpaired) electrons. The van der Waals surface area contributed by atoms with Crippen LogP contribution in [0.25, 0.3) is 0 Å². The molecule has 0 aromatic heterocycles. The van der Waals surface area contributed by atoms with Crippen LogP contribution in [-0.4, -0.2) is 36.0 Å². The van der Waals surface area contributed by atoms with Gasteiger partial charge in [-0.2, -0.15) is 0 Å². The first-order valence-electron chi connectivity index (χ1n) is 6.14. The fourth-order valence-electron chi connectivity index (χ4n) is 2.32. The van der Waals surface area contributed by atoms with Crippen molar-refractivity contribution in [2.75, 3.05) is 19.6 Å². The summed E-state index contributed by atoms with van der Waals surface area (Å²) in [5.74, 6) is 1.15. The fourth-order valence-corrected chi connectivity index (χ4v) is 2.32. The highest BCUT2D eigenvalue weighted by atomic mass is 16.1. The summed E-state index contributed by atoms with van der Waals surface area (Å²) in [7, 11) is 0. The van der Waals surface area contributed by atoms with Crippen molar-refractivity contribution in [1.82, 2.24) is 4.90 Å². The van der Waals surface area contributed by atoms with Gasteiger partial charge in [-0.1, -0.05) is 13.8 Å². The molecule has 16 heavy (non-hydrogen) atoms. The Bertz CT molecular complexity index is 243. The molecule has 0 spiro atoms. The molecule has 4 heteroatoms. The molecule has 0 saturated carbocycles. The minimum Gasteiger partial charge on any atom is -0.368 e. The van der Waals surface area contributed by atoms with Crippen molar-refractivity contribution in [2.24, 2.45) is 23.3 Å². The molecule has 0 aromatic carbocycles. The Labute approximate surface area is 98.3 Å². The van der Waals surface area contributed by atoms with E-state index in [4.69, 9.17) is 11.5 Å². The van der Waals surface area contributed by atoms with Crippen LogP contribution in [0.4, 0.5) is 0 Å². The molecule has 4 nitrogen and oxygen atoms in total. The summed E-state index contributed by atoms with van der Waals surface area (Å²) in [6.07, 6.45) is 2.40. The molecule has 0 aliphatic carbocycles. The SMILES string of the molecule is CC(C)C1CCN(CC(C)(N)C(N)=O)CC1. The van der Waals surface area contributed by atoms with E-state index in [1.165, 1.54) is 12.8 Å². The normalized spacial score (nSPS) is 23.3. The maximum absolute atomic E-state index is 11.1. The van der Waals surface area contributed by atoms with Gasteiger partial charge >= 0.3 is 0 Å². The molecule has 1 aliphatic rings. The maximum atomic E-state index is 11.1. The van der Waals surface area contributed by atoms with Crippen molar-refractivity contribution >= 4 is 5.91 Å². The molecular weight excluding hydrogens is 202 g/mol. The van der Waals surface area contributed by atoms with Crippen molar-refractivity contribution in [3.05, 3.63) is 0 Å². The zero-order chi connectivity index (χ0) is 12.3. The van der Waals surface area contributed by atoms with Crippen molar-refractivity contribution < 1.29 is 4.79 Å². The van der Waals surface area contributed by atoms with Crippen molar-refractivity contribution in [3.63, 3.8) is 0 Å². The van der Waals surface area contributed by atoms with E-state index in [0.717, 1.165) is 24.9 Å². The van der Waals surface area contributed by atoms with Gasteiger partial charge in [-0.25, -0.2) is 0 Å². The molecule has 0 aromatic rings. The number of rotatable bonds is 4. The predicted octanol–water partition coefficient (Wildman–Crippen LogP) is 0.557. The molecule has 1 fully saturated rings. The Morgan fingerprint density at radius 2 is 1.94 bits per heavy atom. The second-order valence-electron chi connectivity index (χ2n) is 5.64. The molecule has 1 heterocycles. The summed E-state index contributed by atoms with van der Waals surface area (Å²) < 4.78 is 0. The first-order valence-corrected chi connectivity index (χ1v) is 6.14. The molecule has 1 saturated heterocycles. The van der Waals surface area contributed by atoms with Gasteiger partial charge in [0.1, 0.15) is 5.54 Å². The van der Waals surface area contributed by atoms with E-state index in [1.54, 1.807) is 6.92 Å². The first kappa shape index (κ1) is 13.5. The lowest BCUT2D eigenvalue weighted by molar-refractivity contribution is -0.123. The standard InChI is InChI=1S/C12H25N3O/c1-9(2)10-4-6-15(7-5-10)8-12(3,14)11(13)16/h9-10H,4-8,14H2,1-3H3,(H2,13,16). The average Bonchev–Trinajstić information content (AvgIpc) is 2.17. The maximum Gasteiger partial charge on any atom is 0.238 e. The van der Waals surface area contributed by atoms with Gasteiger partial charge in [0.25, 0.3) is 0 Å². The Balaban J connectivity index is 2.40. The lowest BCUT2D eigenvalue weighted by Crippen LogP contribution is -2.57. The van der Waals surface area contributed by atoms with Crippen LogP contribution in [0.3, 0.4) is 0 Å². The third-order valence-electron chi connectivity index (χ3n) is 3.69. The van der Waals surface area contributed by atoms with Crippen molar-refractivity contribution in [3.8, 4) is 0 Å². The molecular formula is C12H25N3O. The largest absolute Gasteiger partial charge is 0.368 e. The van der Waals surface area contributed by atoms with E-state index in [1.807, 2.05) is 0 Å². The van der Waals surface area contributed by atoms with Gasteiger partial charge in [0, 0.05) is 6.54 Å². The number of primary amides is 1. The summed E-state index contributed by atoms with van der Waals surface area (Å²) in [5.41, 5.74) is 10.2. The monoisotopic (exact) mass is 227 g/mol. The van der Waals surface area contributed by atoms with Crippen LogP contribution in [0.2, 0.25) is 0 Å². The van der Waals surface area contributed by atoms with Crippen LogP contribution in [0, 0.1) is 11.8 Å². The fraction of sp³-hybridized carbons (Fsp3) is 0.917. The third kappa shape index (κ3) is 3.46. The molecule has 1 atom stereocenters. The molecule has 1 aliphatic heterocycles. The zero-order valence-corrected chi connectivity index (χ0v) is 10.7. The number of amides is 1. The smallest absolute Gasteiger partial charge is 0.238 e. The highest BCUT2D eigenvalue weighted by Crippen LogP contribution is 2.24. The highest BCUT2D eigenvalue weighted by molar-refractivity contribution is 5.84. The quantitative estimate of drug-likeness (QED) is 0.737. The van der Waals surface area contributed by atoms with Crippen LogP contribution in [0.15, 0.2) is 0 Å². The molecule has 1 amide bonds. The van der Waals surface area contributed by atoms with E-state index in [0.29, 0.717) is 6.54 Å². The van der Waals surface area contributed by atoms with E-state index in [2.05, 4.69) is 18.7 Å². The van der Waals surface area contributed by atoms with Crippen molar-refractivity contribution in [2.45, 2.75) is 39.2 Å². The number of carbonyl (C=O) groups is 1. The van der Waals surface area contributed by atoms with Crippen LogP contribution in [0.5, 0.6) is 0 Å². The van der Waals surface area contributed by atoms with Crippen LogP contribution >= 0.6 is 0 Å². The lowest BCUT2D eigenvalue weighted by Gasteiger charge is -2.37. The van der Waals surface area contributed by atoms with Gasteiger partial charge < -0.3 is 16.4 Å². The molecule has 1 rings (SSSR count). The summed E-state index contributed by atoms with van der Waals surface area (Å²) in [5, 5.41) is 0. The number of likely N-dealkylation sites (tertiary alicyclic amines) is 1. The van der Waals surface area contributed by atoms with Crippen molar-refractivity contribution in [1.29, 1.82) is 0 Å². The zero-order valence-electron chi connectivity index (χ0n) is 10.7. The number of hydrogen-bond acceptors (Lipinski definition) is 3. The topological polar surface area (TPSA) is 72.3 Å². The molecule has 0 bridgehead atoms. The minimum absolute atomic E-state index is 0.418. The van der Waals surface area contributed by atoms with Gasteiger partial charge in [0.05, 0.1) is 0 Å². The van der Waals surface area contributed by atoms with E-state index in [9.17, 15) is 4.79 Å². The number of nitrogens with two attached hydrogens (primary N) is 2. The number of hydrogen-bond donors (Lipinski definition) is 2. The number of piperidine rings is 1. The first-order chi connectivity index (χ1) is 7.33. The summed E-state index contributed by atoms with van der Waals surface area (Å²) >= 11 is 0. The van der Waals surface area contributed by atoms with E-state index < -0.39 is 11.4 Å². The lowest BCUT2D eigenvalue weighted by atomic mass is 9.86. The molecule has 4 N–H and O–H groups in total. The Morgan fingerprint density at radius 3 is 2.31 bits per heavy atom. The van der Waals surface area contributed by atoms with Crippen LogP contribution < -0.4 is 11.5 Å². The van der Waals surface area contributed by atoms with Gasteiger partial charge in [-0.3, -0.25) is 4.79 Å². The summed E-state index contributed by atoms with van der Waals surface area (Å²) in [6.45, 7) is 8.90. The summed E-state index contributed by atoms with van der Waals surface area (Å²) in [6, 6.07) is 0. The second kappa shape index (κ2) is 5.15. The Hall–Kier alpha value is -0.610. The minimum atomic E-state index is -0.898. The average molecular weight is 227 g/mol. The number of carbonyl (C=O) groups excluding carboxylic acids is 1. The van der Waals surface area contributed by atoms with Gasteiger partial charge in [-0.05, 0) is 44.7 Å². The predicted molar refractivity (Wildman–Crippen MR) is 65.8 cm³/mol. The number of nitrogens with zero attached hydrogens (tertiary/aromatic N) is 1. The second-order valence-corrected chi connectivity index (χ2v) is 5.64. The Morgan fingerprint density at radius 1 is 1.44 bits per heavy atom. The van der Waals surface area contributed by atoms with Crippen LogP contribution in [-0.2, 0) is 4.79 Å². The molecule has 1 unspecified atom stereocenters. The van der Waals surface area contributed by atoms with Gasteiger partial charge in [-0.15, -0.1) is 0 Å². The van der Waals surface area contributed by atoms with Gasteiger partial charge in [0.15, 0.2) is 0 Å². The molecule has 94 valence electrons. The Kier molecular flexibility index (Phi) is 4.33. The third-order valence-corrected chi connectivity index (χ3v) is 3.69. The van der Waals surface area contributed by atoms with Gasteiger partial charge in [0.2, 0.25) is 5.91 Å².